The zero-order chi connectivity index (χ0) is 18.7. The average Bonchev–Trinajstić information content (AvgIpc) is 2.67. The summed E-state index contributed by atoms with van der Waals surface area (Å²) in [5.74, 6) is 1.56. The number of rotatable bonds is 13. The van der Waals surface area contributed by atoms with Crippen LogP contribution in [0.2, 0.25) is 0 Å². The summed E-state index contributed by atoms with van der Waals surface area (Å²) in [5.41, 5.74) is 0. The van der Waals surface area contributed by atoms with Crippen LogP contribution in [0.5, 0.6) is 0 Å². The monoisotopic (exact) mass is 405 g/mol. The summed E-state index contributed by atoms with van der Waals surface area (Å²) in [5, 5.41) is 0. The van der Waals surface area contributed by atoms with E-state index in [9.17, 15) is 4.57 Å². The molecule has 0 aromatic carbocycles. The first kappa shape index (κ1) is 22.7. The molecule has 4 nitrogen and oxygen atoms in total. The molecule has 2 rings (SSSR count). The lowest BCUT2D eigenvalue weighted by Crippen LogP contribution is -2.48. The van der Waals surface area contributed by atoms with Crippen LogP contribution in [0.4, 0.5) is 0 Å². The lowest BCUT2D eigenvalue weighted by Gasteiger charge is -2.44. The number of hydrogen-bond donors (Lipinski definition) is 0. The van der Waals surface area contributed by atoms with Gasteiger partial charge in [-0.2, -0.15) is 0 Å². The summed E-state index contributed by atoms with van der Waals surface area (Å²) in [6.07, 6.45) is 13.0. The van der Waals surface area contributed by atoms with Crippen molar-refractivity contribution in [3.63, 3.8) is 0 Å². The van der Waals surface area contributed by atoms with Gasteiger partial charge >= 0.3 is 6.80 Å². The van der Waals surface area contributed by atoms with Gasteiger partial charge in [0.25, 0.3) is 0 Å². The second kappa shape index (κ2) is 12.8. The molecule has 2 atom stereocenters. The minimum Gasteiger partial charge on any atom is -0.301 e. The van der Waals surface area contributed by atoms with Crippen molar-refractivity contribution in [3.05, 3.63) is 0 Å². The van der Waals surface area contributed by atoms with Crippen LogP contribution in [-0.4, -0.2) is 43.0 Å². The predicted molar refractivity (Wildman–Crippen MR) is 113 cm³/mol. The average molecular weight is 406 g/mol. The van der Waals surface area contributed by atoms with Crippen molar-refractivity contribution in [2.45, 2.75) is 90.5 Å². The third-order valence-corrected chi connectivity index (χ3v) is 9.59. The Morgan fingerprint density at radius 3 is 2.23 bits per heavy atom. The Kier molecular flexibility index (Phi) is 11.2. The summed E-state index contributed by atoms with van der Waals surface area (Å²) in [7, 11) is 0. The van der Waals surface area contributed by atoms with Crippen molar-refractivity contribution >= 4 is 18.2 Å². The Labute approximate surface area is 165 Å². The largest absolute Gasteiger partial charge is 0.389 e. The highest BCUT2D eigenvalue weighted by Crippen LogP contribution is 2.61. The van der Waals surface area contributed by atoms with E-state index < -0.39 is 6.80 Å². The molecule has 154 valence electrons. The Hall–Kier alpha value is 0.460. The van der Waals surface area contributed by atoms with Crippen LogP contribution in [0, 0.1) is 5.92 Å². The van der Waals surface area contributed by atoms with E-state index in [-0.39, 0.29) is 0 Å². The fourth-order valence-electron chi connectivity index (χ4n) is 4.13. The van der Waals surface area contributed by atoms with Crippen molar-refractivity contribution in [3.8, 4) is 0 Å². The van der Waals surface area contributed by atoms with Gasteiger partial charge in [-0.25, -0.2) is 4.57 Å². The topological polar surface area (TPSA) is 38.8 Å². The van der Waals surface area contributed by atoms with Gasteiger partial charge in [0.1, 0.15) is 0 Å². The molecule has 0 unspecified atom stereocenters. The van der Waals surface area contributed by atoms with Gasteiger partial charge in [-0.05, 0) is 68.9 Å². The van der Waals surface area contributed by atoms with Crippen LogP contribution < -0.4 is 0 Å². The Balaban J connectivity index is 1.84. The second-order valence-corrected chi connectivity index (χ2v) is 11.9. The van der Waals surface area contributed by atoms with Gasteiger partial charge in [0.2, 0.25) is 0 Å². The lowest BCUT2D eigenvalue weighted by atomic mass is 9.85. The van der Waals surface area contributed by atoms with Gasteiger partial charge in [0.15, 0.2) is 0 Å². The SMILES string of the molecule is CCCCCOP(=O)(OCCCCC)SC[C@H]1CCCN2CCCC[C@H]12. The number of unbranched alkanes of at least 4 members (excludes halogenated alkanes) is 4. The minimum atomic E-state index is -3.02. The van der Waals surface area contributed by atoms with Gasteiger partial charge in [-0.3, -0.25) is 0 Å². The highest BCUT2D eigenvalue weighted by molar-refractivity contribution is 8.55. The fraction of sp³-hybridized carbons (Fsp3) is 1.00. The summed E-state index contributed by atoms with van der Waals surface area (Å²) in [4.78, 5) is 2.67. The molecule has 0 amide bonds. The third kappa shape index (κ3) is 7.83. The van der Waals surface area contributed by atoms with E-state index in [0.717, 1.165) is 44.3 Å². The Morgan fingerprint density at radius 1 is 0.923 bits per heavy atom. The molecule has 2 saturated heterocycles. The normalized spacial score (nSPS) is 24.5. The van der Waals surface area contributed by atoms with Crippen LogP contribution in [0.1, 0.15) is 84.5 Å². The molecule has 0 spiro atoms. The number of nitrogens with zero attached hydrogens (tertiary/aromatic N) is 1. The van der Waals surface area contributed by atoms with Gasteiger partial charge in [0, 0.05) is 11.8 Å². The molecule has 0 aliphatic carbocycles. The lowest BCUT2D eigenvalue weighted by molar-refractivity contribution is 0.0693. The molecule has 0 aromatic rings. The van der Waals surface area contributed by atoms with Crippen LogP contribution in [0.3, 0.4) is 0 Å². The molecule has 0 N–H and O–H groups in total. The molecule has 2 aliphatic heterocycles. The molecule has 26 heavy (non-hydrogen) atoms. The molecule has 2 aliphatic rings. The Morgan fingerprint density at radius 2 is 1.58 bits per heavy atom. The van der Waals surface area contributed by atoms with Gasteiger partial charge in [-0.15, -0.1) is 0 Å². The molecule has 2 fully saturated rings. The maximum Gasteiger partial charge on any atom is 0.389 e. The van der Waals surface area contributed by atoms with Crippen LogP contribution >= 0.6 is 18.2 Å². The summed E-state index contributed by atoms with van der Waals surface area (Å²) in [6.45, 7) is 4.97. The second-order valence-electron chi connectivity index (χ2n) is 7.83. The molecular formula is C20H40NO3PS. The van der Waals surface area contributed by atoms with Crippen molar-refractivity contribution in [2.24, 2.45) is 5.92 Å². The first-order valence-electron chi connectivity index (χ1n) is 11.0. The van der Waals surface area contributed by atoms with Crippen LogP contribution in [0.15, 0.2) is 0 Å². The van der Waals surface area contributed by atoms with E-state index in [1.165, 1.54) is 56.6 Å². The molecule has 0 saturated carbocycles. The summed E-state index contributed by atoms with van der Waals surface area (Å²) >= 11 is 1.49. The Bertz CT molecular complexity index is 406. The van der Waals surface area contributed by atoms with Gasteiger partial charge in [0.05, 0.1) is 13.2 Å². The van der Waals surface area contributed by atoms with Gasteiger partial charge in [-0.1, -0.05) is 46.0 Å². The van der Waals surface area contributed by atoms with E-state index >= 15 is 0 Å². The maximum absolute atomic E-state index is 13.2. The number of fused-ring (bicyclic) bond motifs is 1. The minimum absolute atomic E-state index is 0.562. The smallest absolute Gasteiger partial charge is 0.301 e. The van der Waals surface area contributed by atoms with E-state index in [0.29, 0.717) is 25.2 Å². The molecule has 0 aromatic heterocycles. The van der Waals surface area contributed by atoms with Crippen molar-refractivity contribution in [1.82, 2.24) is 4.90 Å². The van der Waals surface area contributed by atoms with E-state index in [1.807, 2.05) is 0 Å². The maximum atomic E-state index is 13.2. The van der Waals surface area contributed by atoms with Gasteiger partial charge < -0.3 is 13.9 Å². The first-order chi connectivity index (χ1) is 12.7. The van der Waals surface area contributed by atoms with E-state index in [2.05, 4.69) is 18.7 Å². The first-order valence-corrected chi connectivity index (χ1v) is 14.1. The number of piperidine rings is 2. The summed E-state index contributed by atoms with van der Waals surface area (Å²) < 4.78 is 24.9. The van der Waals surface area contributed by atoms with Crippen molar-refractivity contribution in [2.75, 3.05) is 32.1 Å². The standard InChI is InChI=1S/C20H40NO3PS/c1-3-5-9-16-23-25(22,24-17-10-6-4-2)26-18-19-12-11-15-21-14-8-7-13-20(19)21/h19-20H,3-18H2,1-2H3/t19-,20-/m1/s1. The fourth-order valence-corrected chi connectivity index (χ4v) is 7.84. The predicted octanol–water partition coefficient (Wildman–Crippen LogP) is 6.51. The van der Waals surface area contributed by atoms with Crippen molar-refractivity contribution < 1.29 is 13.6 Å². The van der Waals surface area contributed by atoms with Crippen molar-refractivity contribution in [1.29, 1.82) is 0 Å². The van der Waals surface area contributed by atoms with Crippen LogP contribution in [-0.2, 0) is 13.6 Å². The van der Waals surface area contributed by atoms with E-state index in [1.54, 1.807) is 0 Å². The quantitative estimate of drug-likeness (QED) is 0.258. The highest BCUT2D eigenvalue weighted by atomic mass is 32.7. The molecule has 0 radical (unpaired) electrons. The molecular weight excluding hydrogens is 365 g/mol. The third-order valence-electron chi connectivity index (χ3n) is 5.67. The molecule has 6 heteroatoms. The zero-order valence-electron chi connectivity index (χ0n) is 17.0. The molecule has 0 bridgehead atoms. The number of hydrogen-bond acceptors (Lipinski definition) is 5. The zero-order valence-corrected chi connectivity index (χ0v) is 18.7. The van der Waals surface area contributed by atoms with E-state index in [4.69, 9.17) is 9.05 Å². The highest BCUT2D eigenvalue weighted by Gasteiger charge is 2.35. The summed E-state index contributed by atoms with van der Waals surface area (Å²) in [6, 6.07) is 0.693. The van der Waals surface area contributed by atoms with Crippen LogP contribution in [0.25, 0.3) is 0 Å². The molecule has 2 heterocycles.